The Kier molecular flexibility index (Phi) is 6.46. The van der Waals surface area contributed by atoms with Crippen molar-refractivity contribution < 1.29 is 9.90 Å². The number of carbonyl (C=O) groups is 1. The molecule has 0 radical (unpaired) electrons. The Morgan fingerprint density at radius 3 is 2.00 bits per heavy atom. The van der Waals surface area contributed by atoms with Crippen LogP contribution in [0.1, 0.15) is 12.8 Å². The number of hydrogen-bond donors (Lipinski definition) is 1. The van der Waals surface area contributed by atoms with Gasteiger partial charge in [0.15, 0.2) is 0 Å². The highest BCUT2D eigenvalue weighted by Crippen LogP contribution is 2.20. The molecule has 72 valence electrons. The van der Waals surface area contributed by atoms with E-state index in [0.717, 1.165) is 0 Å². The third-order valence-corrected chi connectivity index (χ3v) is 2.24. The minimum absolute atomic E-state index is 0.161. The van der Waals surface area contributed by atoms with Gasteiger partial charge in [0.1, 0.15) is 10.2 Å². The molecule has 2 atom stereocenters. The molecule has 0 aliphatic heterocycles. The molecule has 12 heavy (non-hydrogen) atoms. The van der Waals surface area contributed by atoms with Crippen LogP contribution in [0.15, 0.2) is 0 Å². The summed E-state index contributed by atoms with van der Waals surface area (Å²) in [6, 6.07) is 0. The van der Waals surface area contributed by atoms with Crippen LogP contribution in [-0.4, -0.2) is 26.7 Å². The SMILES string of the molecule is O=C(O)C(Cl)CC(Cl)CC(Cl)Cl. The van der Waals surface area contributed by atoms with Crippen LogP contribution in [0.3, 0.4) is 0 Å². The van der Waals surface area contributed by atoms with Crippen LogP contribution in [0.2, 0.25) is 0 Å². The number of hydrogen-bond acceptors (Lipinski definition) is 1. The molecule has 0 spiro atoms. The van der Waals surface area contributed by atoms with Crippen molar-refractivity contribution in [3.05, 3.63) is 0 Å². The average molecular weight is 254 g/mol. The summed E-state index contributed by atoms with van der Waals surface area (Å²) in [4.78, 5) is 9.69. The Morgan fingerprint density at radius 2 is 1.67 bits per heavy atom. The third-order valence-electron chi connectivity index (χ3n) is 1.16. The van der Waals surface area contributed by atoms with E-state index in [1.165, 1.54) is 0 Å². The average Bonchev–Trinajstić information content (AvgIpc) is 1.84. The van der Waals surface area contributed by atoms with Crippen molar-refractivity contribution in [2.24, 2.45) is 0 Å². The van der Waals surface area contributed by atoms with E-state index in [9.17, 15) is 4.79 Å². The van der Waals surface area contributed by atoms with Gasteiger partial charge in [0.2, 0.25) is 0 Å². The Balaban J connectivity index is 3.68. The number of aliphatic carboxylic acids is 1. The van der Waals surface area contributed by atoms with Crippen molar-refractivity contribution in [3.63, 3.8) is 0 Å². The fourth-order valence-corrected chi connectivity index (χ4v) is 1.89. The molecule has 0 heterocycles. The lowest BCUT2D eigenvalue weighted by molar-refractivity contribution is -0.136. The monoisotopic (exact) mass is 252 g/mol. The molecule has 0 fully saturated rings. The first-order chi connectivity index (χ1) is 5.43. The Bertz CT molecular complexity index is 150. The van der Waals surface area contributed by atoms with E-state index in [2.05, 4.69) is 0 Å². The van der Waals surface area contributed by atoms with Crippen LogP contribution >= 0.6 is 46.4 Å². The Labute approximate surface area is 90.7 Å². The highest BCUT2D eigenvalue weighted by molar-refractivity contribution is 6.44. The second kappa shape index (κ2) is 6.14. The van der Waals surface area contributed by atoms with Gasteiger partial charge in [-0.25, -0.2) is 0 Å². The first kappa shape index (κ1) is 12.6. The molecular weight excluding hydrogens is 246 g/mol. The van der Waals surface area contributed by atoms with E-state index < -0.39 is 21.6 Å². The van der Waals surface area contributed by atoms with Crippen LogP contribution < -0.4 is 0 Å². The van der Waals surface area contributed by atoms with Crippen molar-refractivity contribution in [2.45, 2.75) is 28.4 Å². The quantitative estimate of drug-likeness (QED) is 0.766. The molecule has 0 bridgehead atoms. The van der Waals surface area contributed by atoms with E-state index in [1.807, 2.05) is 0 Å². The van der Waals surface area contributed by atoms with Gasteiger partial charge in [0.05, 0.1) is 0 Å². The van der Waals surface area contributed by atoms with Crippen LogP contribution in [0, 0.1) is 0 Å². The molecule has 1 N–H and O–H groups in total. The molecule has 0 aromatic carbocycles. The summed E-state index contributed by atoms with van der Waals surface area (Å²) in [5.74, 6) is -1.08. The number of alkyl halides is 4. The van der Waals surface area contributed by atoms with Crippen molar-refractivity contribution in [1.29, 1.82) is 0 Å². The Morgan fingerprint density at radius 1 is 1.17 bits per heavy atom. The largest absolute Gasteiger partial charge is 0.480 e. The van der Waals surface area contributed by atoms with E-state index in [-0.39, 0.29) is 6.42 Å². The molecule has 2 nitrogen and oxygen atoms in total. The van der Waals surface area contributed by atoms with Crippen molar-refractivity contribution >= 4 is 52.4 Å². The van der Waals surface area contributed by atoms with Crippen LogP contribution in [0.4, 0.5) is 0 Å². The molecule has 0 aliphatic rings. The number of rotatable bonds is 5. The van der Waals surface area contributed by atoms with Crippen molar-refractivity contribution in [1.82, 2.24) is 0 Å². The summed E-state index contributed by atoms with van der Waals surface area (Å²) >= 11 is 22.0. The number of halogens is 4. The van der Waals surface area contributed by atoms with E-state index >= 15 is 0 Å². The van der Waals surface area contributed by atoms with Gasteiger partial charge >= 0.3 is 5.97 Å². The Hall–Kier alpha value is 0.630. The third kappa shape index (κ3) is 6.18. The molecule has 0 aromatic heterocycles. The first-order valence-electron chi connectivity index (χ1n) is 3.22. The normalized spacial score (nSPS) is 16.1. The predicted octanol–water partition coefficient (Wildman–Crippen LogP) is 2.87. The highest BCUT2D eigenvalue weighted by Gasteiger charge is 2.19. The number of carboxylic acid groups (broad SMARTS) is 1. The summed E-state index contributed by atoms with van der Waals surface area (Å²) in [5, 5.41) is 7.04. The van der Waals surface area contributed by atoms with Gasteiger partial charge < -0.3 is 5.11 Å². The molecule has 0 rings (SSSR count). The second-order valence-electron chi connectivity index (χ2n) is 2.27. The molecule has 6 heteroatoms. The maximum Gasteiger partial charge on any atom is 0.321 e. The van der Waals surface area contributed by atoms with Gasteiger partial charge in [0, 0.05) is 5.38 Å². The minimum Gasteiger partial charge on any atom is -0.480 e. The maximum atomic E-state index is 10.3. The van der Waals surface area contributed by atoms with Gasteiger partial charge in [0.25, 0.3) is 0 Å². The smallest absolute Gasteiger partial charge is 0.321 e. The summed E-state index contributed by atoms with van der Waals surface area (Å²) < 4.78 is 0. The second-order valence-corrected chi connectivity index (χ2v) is 4.69. The van der Waals surface area contributed by atoms with Crippen molar-refractivity contribution in [2.75, 3.05) is 0 Å². The molecular formula is C6H8Cl4O2. The summed E-state index contributed by atoms with van der Waals surface area (Å²) in [7, 11) is 0. The van der Waals surface area contributed by atoms with E-state index in [0.29, 0.717) is 6.42 Å². The zero-order valence-electron chi connectivity index (χ0n) is 6.01. The molecule has 0 aromatic rings. The molecule has 0 saturated carbocycles. The molecule has 0 aliphatic carbocycles. The van der Waals surface area contributed by atoms with Gasteiger partial charge in [-0.15, -0.1) is 46.4 Å². The standard InChI is InChI=1S/C6H8Cl4O2/c7-3(2-5(9)10)1-4(8)6(11)12/h3-5H,1-2H2,(H,11,12). The first-order valence-corrected chi connectivity index (χ1v) is 4.97. The maximum absolute atomic E-state index is 10.3. The number of carboxylic acids is 1. The van der Waals surface area contributed by atoms with E-state index in [4.69, 9.17) is 51.5 Å². The topological polar surface area (TPSA) is 37.3 Å². The molecule has 0 amide bonds. The molecule has 0 saturated heterocycles. The predicted molar refractivity (Wildman–Crippen MR) is 51.6 cm³/mol. The van der Waals surface area contributed by atoms with Crippen LogP contribution in [-0.2, 0) is 4.79 Å². The van der Waals surface area contributed by atoms with Crippen LogP contribution in [0.25, 0.3) is 0 Å². The highest BCUT2D eigenvalue weighted by atomic mass is 35.5. The zero-order valence-corrected chi connectivity index (χ0v) is 9.04. The lowest BCUT2D eigenvalue weighted by Crippen LogP contribution is -2.19. The van der Waals surface area contributed by atoms with Gasteiger partial charge in [-0.1, -0.05) is 0 Å². The fourth-order valence-electron chi connectivity index (χ4n) is 0.615. The van der Waals surface area contributed by atoms with Gasteiger partial charge in [-0.05, 0) is 12.8 Å². The van der Waals surface area contributed by atoms with Crippen molar-refractivity contribution in [3.8, 4) is 0 Å². The van der Waals surface area contributed by atoms with Crippen LogP contribution in [0.5, 0.6) is 0 Å². The summed E-state index contributed by atoms with van der Waals surface area (Å²) in [5.41, 5.74) is 0. The summed E-state index contributed by atoms with van der Waals surface area (Å²) in [6.45, 7) is 0. The van der Waals surface area contributed by atoms with E-state index in [1.54, 1.807) is 0 Å². The van der Waals surface area contributed by atoms with Gasteiger partial charge in [-0.2, -0.15) is 0 Å². The fraction of sp³-hybridized carbons (Fsp3) is 0.833. The van der Waals surface area contributed by atoms with Gasteiger partial charge in [-0.3, -0.25) is 4.79 Å². The lowest BCUT2D eigenvalue weighted by atomic mass is 10.2. The summed E-state index contributed by atoms with van der Waals surface area (Å²) in [6.07, 6.45) is 0.496. The molecule has 2 unspecified atom stereocenters. The lowest BCUT2D eigenvalue weighted by Gasteiger charge is -2.10. The zero-order chi connectivity index (χ0) is 9.72. The minimum atomic E-state index is -1.08.